The van der Waals surface area contributed by atoms with Crippen LogP contribution in [0.2, 0.25) is 5.02 Å². The highest BCUT2D eigenvalue weighted by Crippen LogP contribution is 2.52. The molecule has 36 heavy (non-hydrogen) atoms. The zero-order valence-corrected chi connectivity index (χ0v) is 21.5. The van der Waals surface area contributed by atoms with Gasteiger partial charge in [-0.3, -0.25) is 29.1 Å². The zero-order chi connectivity index (χ0) is 25.6. The minimum Gasteiger partial charge on any atom is -0.493 e. The predicted molar refractivity (Wildman–Crippen MR) is 136 cm³/mol. The summed E-state index contributed by atoms with van der Waals surface area (Å²) in [5, 5.41) is 5.47. The van der Waals surface area contributed by atoms with Crippen molar-refractivity contribution in [3.05, 3.63) is 67.6 Å². The first-order valence-electron chi connectivity index (χ1n) is 10.8. The minimum absolute atomic E-state index is 0.244. The number of ether oxygens (including phenoxy) is 2. The number of aromatic nitrogens is 1. The molecule has 3 heterocycles. The molecule has 5 rings (SSSR count). The fraction of sp³-hybridized carbons (Fsp3) is 0.250. The summed E-state index contributed by atoms with van der Waals surface area (Å²) in [6.07, 6.45) is 0. The summed E-state index contributed by atoms with van der Waals surface area (Å²) in [5.74, 6) is -1.52. The molecule has 1 fully saturated rings. The number of rotatable bonds is 6. The van der Waals surface area contributed by atoms with Gasteiger partial charge in [-0.1, -0.05) is 40.8 Å². The minimum atomic E-state index is -0.734. The van der Waals surface area contributed by atoms with Crippen molar-refractivity contribution >= 4 is 58.1 Å². The van der Waals surface area contributed by atoms with Gasteiger partial charge in [0.05, 0.1) is 25.2 Å². The fourth-order valence-electron chi connectivity index (χ4n) is 4.46. The topological polar surface area (TPSA) is 116 Å². The van der Waals surface area contributed by atoms with Crippen LogP contribution in [0, 0.1) is 5.92 Å². The Hall–Kier alpha value is -3.28. The lowest BCUT2D eigenvalue weighted by molar-refractivity contribution is -0.126. The van der Waals surface area contributed by atoms with E-state index in [1.54, 1.807) is 42.5 Å². The van der Waals surface area contributed by atoms with Gasteiger partial charge in [0.25, 0.3) is 0 Å². The number of thiazole rings is 1. The van der Waals surface area contributed by atoms with Crippen molar-refractivity contribution in [2.75, 3.05) is 19.5 Å². The molecule has 186 valence electrons. The summed E-state index contributed by atoms with van der Waals surface area (Å²) in [6, 6.07) is 11.9. The van der Waals surface area contributed by atoms with Crippen LogP contribution in [0.15, 0.2) is 52.3 Å². The predicted octanol–water partition coefficient (Wildman–Crippen LogP) is 3.10. The van der Waals surface area contributed by atoms with Crippen LogP contribution in [-0.2, 0) is 20.9 Å². The van der Waals surface area contributed by atoms with Crippen LogP contribution in [-0.4, -0.2) is 41.8 Å². The first kappa shape index (κ1) is 24.4. The van der Waals surface area contributed by atoms with Crippen LogP contribution in [0.3, 0.4) is 0 Å². The van der Waals surface area contributed by atoms with Gasteiger partial charge >= 0.3 is 4.87 Å². The van der Waals surface area contributed by atoms with Crippen molar-refractivity contribution in [2.24, 2.45) is 5.92 Å². The van der Waals surface area contributed by atoms with Gasteiger partial charge in [0.2, 0.25) is 17.7 Å². The third-order valence-corrected chi connectivity index (χ3v) is 8.95. The van der Waals surface area contributed by atoms with Crippen molar-refractivity contribution in [2.45, 2.75) is 22.7 Å². The Morgan fingerprint density at radius 1 is 1.06 bits per heavy atom. The van der Waals surface area contributed by atoms with Gasteiger partial charge in [0, 0.05) is 21.5 Å². The molecule has 2 aromatic carbocycles. The van der Waals surface area contributed by atoms with Crippen molar-refractivity contribution in [1.29, 1.82) is 0 Å². The smallest absolute Gasteiger partial charge is 0.308 e. The Morgan fingerprint density at radius 3 is 2.47 bits per heavy atom. The molecule has 3 aromatic rings. The number of benzene rings is 2. The maximum Gasteiger partial charge on any atom is 0.308 e. The van der Waals surface area contributed by atoms with E-state index in [1.165, 1.54) is 18.8 Å². The number of hydrogen-bond donors (Lipinski definition) is 2. The number of nitrogens with one attached hydrogen (secondary N) is 2. The van der Waals surface area contributed by atoms with E-state index in [0.29, 0.717) is 37.7 Å². The molecule has 3 unspecified atom stereocenters. The van der Waals surface area contributed by atoms with Crippen molar-refractivity contribution < 1.29 is 23.9 Å². The maximum atomic E-state index is 13.1. The highest BCUT2D eigenvalue weighted by atomic mass is 35.5. The van der Waals surface area contributed by atoms with E-state index in [0.717, 1.165) is 23.1 Å². The Morgan fingerprint density at radius 2 is 1.78 bits per heavy atom. The summed E-state index contributed by atoms with van der Waals surface area (Å²) in [6.45, 7) is -0.244. The number of halogens is 1. The molecule has 0 radical (unpaired) electrons. The number of amides is 3. The average Bonchev–Trinajstić information content (AvgIpc) is 3.33. The molecular formula is C24H20ClN3O6S2. The summed E-state index contributed by atoms with van der Waals surface area (Å²) in [4.78, 5) is 51.6. The third-order valence-electron chi connectivity index (χ3n) is 6.08. The lowest BCUT2D eigenvalue weighted by Crippen LogP contribution is -2.32. The largest absolute Gasteiger partial charge is 0.493 e. The number of hydrogen-bond acceptors (Lipinski definition) is 8. The van der Waals surface area contributed by atoms with Gasteiger partial charge in [-0.05, 0) is 42.0 Å². The number of thioether (sulfide) groups is 1. The van der Waals surface area contributed by atoms with E-state index < -0.39 is 34.8 Å². The first-order valence-corrected chi connectivity index (χ1v) is 12.9. The van der Waals surface area contributed by atoms with Crippen LogP contribution < -0.4 is 25.0 Å². The van der Waals surface area contributed by atoms with E-state index in [2.05, 4.69) is 10.6 Å². The molecule has 0 saturated carbocycles. The van der Waals surface area contributed by atoms with Gasteiger partial charge in [-0.25, -0.2) is 0 Å². The molecule has 0 aliphatic carbocycles. The SMILES string of the molecule is COc1ccc(C2c3sc(=O)n(CC(=O)Nc4ccc(Cl)cc4)c3SC3C(=O)NC(=O)C32)cc1OC. The summed E-state index contributed by atoms with van der Waals surface area (Å²) >= 11 is 8.01. The van der Waals surface area contributed by atoms with Gasteiger partial charge < -0.3 is 14.8 Å². The van der Waals surface area contributed by atoms with Crippen LogP contribution in [0.5, 0.6) is 11.5 Å². The summed E-state index contributed by atoms with van der Waals surface area (Å²) < 4.78 is 12.1. The molecule has 1 aromatic heterocycles. The van der Waals surface area contributed by atoms with E-state index in [1.807, 2.05) is 0 Å². The van der Waals surface area contributed by atoms with Crippen LogP contribution >= 0.6 is 34.7 Å². The second kappa shape index (κ2) is 9.64. The third kappa shape index (κ3) is 4.27. The van der Waals surface area contributed by atoms with Crippen LogP contribution in [0.1, 0.15) is 16.4 Å². The van der Waals surface area contributed by atoms with E-state index >= 15 is 0 Å². The standard InChI is InChI=1S/C24H20ClN3O6S2/c1-33-14-8-3-11(9-15(14)34-2)17-18-19(22(31)27-21(18)30)35-23-20(17)36-24(32)28(23)10-16(29)26-13-6-4-12(25)5-7-13/h3-9,17-19H,10H2,1-2H3,(H,26,29)(H,27,30,31). The molecule has 1 saturated heterocycles. The lowest BCUT2D eigenvalue weighted by atomic mass is 9.83. The Bertz CT molecular complexity index is 1430. The highest BCUT2D eigenvalue weighted by molar-refractivity contribution is 8.00. The van der Waals surface area contributed by atoms with Gasteiger partial charge in [0.15, 0.2) is 11.5 Å². The monoisotopic (exact) mass is 545 g/mol. The van der Waals surface area contributed by atoms with E-state index in [-0.39, 0.29) is 11.4 Å². The fourth-order valence-corrected chi connectivity index (χ4v) is 7.32. The molecular weight excluding hydrogens is 526 g/mol. The number of carbonyl (C=O) groups is 3. The Labute approximate surface area is 218 Å². The van der Waals surface area contributed by atoms with Crippen molar-refractivity contribution in [1.82, 2.24) is 9.88 Å². The Balaban J connectivity index is 1.55. The molecule has 2 N–H and O–H groups in total. The normalized spacial score (nSPS) is 20.4. The van der Waals surface area contributed by atoms with Crippen molar-refractivity contribution in [3.63, 3.8) is 0 Å². The van der Waals surface area contributed by atoms with Gasteiger partial charge in [-0.2, -0.15) is 0 Å². The summed E-state index contributed by atoms with van der Waals surface area (Å²) in [7, 11) is 3.03. The van der Waals surface area contributed by atoms with Crippen LogP contribution in [0.4, 0.5) is 5.69 Å². The molecule has 0 bridgehead atoms. The van der Waals surface area contributed by atoms with Crippen molar-refractivity contribution in [3.8, 4) is 11.5 Å². The average molecular weight is 546 g/mol. The molecule has 0 spiro atoms. The van der Waals surface area contributed by atoms with Gasteiger partial charge in [-0.15, -0.1) is 0 Å². The number of methoxy groups -OCH3 is 2. The Kier molecular flexibility index (Phi) is 6.54. The highest BCUT2D eigenvalue weighted by Gasteiger charge is 2.53. The number of carbonyl (C=O) groups excluding carboxylic acids is 3. The number of fused-ring (bicyclic) bond motifs is 2. The summed E-state index contributed by atoms with van der Waals surface area (Å²) in [5.41, 5.74) is 1.24. The quantitative estimate of drug-likeness (QED) is 0.457. The van der Waals surface area contributed by atoms with E-state index in [4.69, 9.17) is 21.1 Å². The number of imide groups is 1. The molecule has 12 heteroatoms. The lowest BCUT2D eigenvalue weighted by Gasteiger charge is -2.31. The molecule has 9 nitrogen and oxygen atoms in total. The van der Waals surface area contributed by atoms with E-state index in [9.17, 15) is 19.2 Å². The number of anilines is 1. The molecule has 2 aliphatic rings. The molecule has 2 aliphatic heterocycles. The second-order valence-corrected chi connectivity index (χ2v) is 10.7. The first-order chi connectivity index (χ1) is 17.3. The molecule has 3 atom stereocenters. The van der Waals surface area contributed by atoms with Crippen LogP contribution in [0.25, 0.3) is 0 Å². The number of nitrogens with zero attached hydrogens (tertiary/aromatic N) is 1. The zero-order valence-electron chi connectivity index (χ0n) is 19.1. The second-order valence-electron chi connectivity index (χ2n) is 8.19. The van der Waals surface area contributed by atoms with Gasteiger partial charge in [0.1, 0.15) is 11.8 Å². The molecule has 3 amide bonds. The maximum absolute atomic E-state index is 13.1.